The van der Waals surface area contributed by atoms with E-state index >= 15 is 0 Å². The Labute approximate surface area is 266 Å². The summed E-state index contributed by atoms with van der Waals surface area (Å²) < 4.78 is 28.6. The summed E-state index contributed by atoms with van der Waals surface area (Å²) in [6.45, 7) is 0.503. The van der Waals surface area contributed by atoms with Gasteiger partial charge in [0.15, 0.2) is 0 Å². The predicted molar refractivity (Wildman–Crippen MR) is 178 cm³/mol. The van der Waals surface area contributed by atoms with Crippen LogP contribution in [0.15, 0.2) is 145 Å². The molecule has 0 aliphatic heterocycles. The maximum atomic E-state index is 13.8. The van der Waals surface area contributed by atoms with Crippen molar-refractivity contribution in [3.05, 3.63) is 161 Å². The zero-order chi connectivity index (χ0) is 31.4. The van der Waals surface area contributed by atoms with Gasteiger partial charge in [-0.25, -0.2) is 8.42 Å². The van der Waals surface area contributed by atoms with Gasteiger partial charge in [-0.05, 0) is 52.6 Å². The number of nitrogens with zero attached hydrogens (tertiary/aromatic N) is 1. The molecule has 6 aromatic rings. The van der Waals surface area contributed by atoms with Crippen molar-refractivity contribution in [3.63, 3.8) is 0 Å². The molecular formula is C37H29ClN2O4S. The highest BCUT2D eigenvalue weighted by Crippen LogP contribution is 2.26. The van der Waals surface area contributed by atoms with Crippen LogP contribution in [0.1, 0.15) is 21.5 Å². The second-order valence-corrected chi connectivity index (χ2v) is 13.1. The fraction of sp³-hybridized carbons (Fsp3) is 0.0811. The topological polar surface area (TPSA) is 85.2 Å². The summed E-state index contributed by atoms with van der Waals surface area (Å²) in [5, 5.41) is 3.09. The lowest BCUT2D eigenvalue weighted by atomic mass is 10.0. The van der Waals surface area contributed by atoms with Gasteiger partial charge in [-0.3, -0.25) is 9.59 Å². The molecule has 0 saturated heterocycles. The molecule has 1 aromatic heterocycles. The molecule has 0 bridgehead atoms. The smallest absolute Gasteiger partial charge is 0.273 e. The van der Waals surface area contributed by atoms with Crippen LogP contribution in [0.25, 0.3) is 22.0 Å². The Morgan fingerprint density at radius 1 is 0.689 bits per heavy atom. The number of benzene rings is 5. The van der Waals surface area contributed by atoms with Crippen LogP contribution >= 0.6 is 11.6 Å². The van der Waals surface area contributed by atoms with Crippen molar-refractivity contribution in [2.75, 3.05) is 0 Å². The van der Waals surface area contributed by atoms with E-state index in [4.69, 9.17) is 11.6 Å². The summed E-state index contributed by atoms with van der Waals surface area (Å²) in [5.74, 6) is -0.527. The summed E-state index contributed by atoms with van der Waals surface area (Å²) >= 11 is 6.04. The van der Waals surface area contributed by atoms with Gasteiger partial charge in [-0.15, -0.1) is 0 Å². The quantitative estimate of drug-likeness (QED) is 0.181. The first-order valence-electron chi connectivity index (χ1n) is 14.4. The first kappa shape index (κ1) is 30.1. The van der Waals surface area contributed by atoms with Crippen molar-refractivity contribution in [2.24, 2.45) is 0 Å². The molecular weight excluding hydrogens is 604 g/mol. The van der Waals surface area contributed by atoms with Crippen LogP contribution in [0.2, 0.25) is 5.02 Å². The molecule has 0 saturated carbocycles. The van der Waals surface area contributed by atoms with Crippen LogP contribution in [0.5, 0.6) is 0 Å². The maximum absolute atomic E-state index is 13.8. The predicted octanol–water partition coefficient (Wildman–Crippen LogP) is 7.35. The average molecular weight is 633 g/mol. The first-order chi connectivity index (χ1) is 21.8. The number of sulfone groups is 1. The number of hydrogen-bond acceptors (Lipinski definition) is 4. The lowest BCUT2D eigenvalue weighted by Crippen LogP contribution is -2.45. The Morgan fingerprint density at radius 3 is 1.93 bits per heavy atom. The molecule has 5 aromatic carbocycles. The Morgan fingerprint density at radius 2 is 1.27 bits per heavy atom. The number of amides is 1. The third kappa shape index (κ3) is 6.60. The molecule has 0 spiro atoms. The molecule has 1 N–H and O–H groups in total. The fourth-order valence-corrected chi connectivity index (χ4v) is 6.77. The Kier molecular flexibility index (Phi) is 8.65. The molecule has 0 aliphatic rings. The van der Waals surface area contributed by atoms with Gasteiger partial charge in [0, 0.05) is 35.1 Å². The lowest BCUT2D eigenvalue weighted by Gasteiger charge is -2.18. The molecule has 0 aliphatic carbocycles. The van der Waals surface area contributed by atoms with Gasteiger partial charge in [0.1, 0.15) is 6.04 Å². The van der Waals surface area contributed by atoms with Crippen LogP contribution in [0, 0.1) is 0 Å². The van der Waals surface area contributed by atoms with Crippen molar-refractivity contribution in [3.8, 4) is 11.1 Å². The molecule has 8 heteroatoms. The van der Waals surface area contributed by atoms with E-state index in [1.54, 1.807) is 48.7 Å². The molecule has 6 nitrogen and oxygen atoms in total. The highest BCUT2D eigenvalue weighted by molar-refractivity contribution is 8.06. The van der Waals surface area contributed by atoms with E-state index in [9.17, 15) is 18.0 Å². The Hall–Kier alpha value is -4.98. The molecule has 6 rings (SSSR count). The molecule has 224 valence electrons. The molecule has 1 amide bonds. The van der Waals surface area contributed by atoms with Crippen molar-refractivity contribution in [2.45, 2.75) is 23.9 Å². The van der Waals surface area contributed by atoms with Gasteiger partial charge in [-0.2, -0.15) is 0 Å². The molecule has 0 radical (unpaired) electrons. The standard InChI is InChI=1S/C37H29ClN2O4S/c38-30-21-19-29(20-22-30)28-17-15-27(16-18-28)24-40-25-33(32-13-7-8-14-35(32)40)36(41)39-34(23-26-9-3-1-4-10-26)37(42)45(43,44)31-11-5-2-6-12-31/h1-22,25,34H,23-24H2,(H,39,41)/t34-/m0/s1. The minimum absolute atomic E-state index is 0.0239. The Bertz CT molecular complexity index is 2070. The normalized spacial score (nSPS) is 12.1. The number of carbonyl (C=O) groups excluding carboxylic acids is 2. The summed E-state index contributed by atoms with van der Waals surface area (Å²) in [7, 11) is -4.36. The highest BCUT2D eigenvalue weighted by atomic mass is 35.5. The number of hydrogen-bond donors (Lipinski definition) is 1. The summed E-state index contributed by atoms with van der Waals surface area (Å²) in [6, 6.07) is 38.7. The maximum Gasteiger partial charge on any atom is 0.273 e. The second-order valence-electron chi connectivity index (χ2n) is 10.7. The van der Waals surface area contributed by atoms with Gasteiger partial charge in [0.25, 0.3) is 11.0 Å². The van der Waals surface area contributed by atoms with E-state index < -0.39 is 26.9 Å². The number of halogens is 1. The van der Waals surface area contributed by atoms with Gasteiger partial charge in [-0.1, -0.05) is 115 Å². The largest absolute Gasteiger partial charge is 0.342 e. The molecule has 1 atom stereocenters. The number of aromatic nitrogens is 1. The van der Waals surface area contributed by atoms with Crippen molar-refractivity contribution < 1.29 is 18.0 Å². The minimum atomic E-state index is -4.36. The van der Waals surface area contributed by atoms with Gasteiger partial charge < -0.3 is 9.88 Å². The van der Waals surface area contributed by atoms with E-state index in [1.165, 1.54) is 12.1 Å². The third-order valence-electron chi connectivity index (χ3n) is 7.71. The zero-order valence-corrected chi connectivity index (χ0v) is 25.7. The van der Waals surface area contributed by atoms with Crippen LogP contribution in [0.3, 0.4) is 0 Å². The highest BCUT2D eigenvalue weighted by Gasteiger charge is 2.34. The van der Waals surface area contributed by atoms with E-state index in [-0.39, 0.29) is 11.3 Å². The summed E-state index contributed by atoms with van der Waals surface area (Å²) in [6.07, 6.45) is 1.78. The third-order valence-corrected chi connectivity index (χ3v) is 9.67. The van der Waals surface area contributed by atoms with E-state index in [0.29, 0.717) is 22.5 Å². The van der Waals surface area contributed by atoms with Crippen LogP contribution in [-0.4, -0.2) is 30.0 Å². The van der Waals surface area contributed by atoms with Crippen LogP contribution < -0.4 is 5.32 Å². The van der Waals surface area contributed by atoms with Crippen molar-refractivity contribution >= 4 is 43.4 Å². The monoisotopic (exact) mass is 632 g/mol. The lowest BCUT2D eigenvalue weighted by molar-refractivity contribution is -0.113. The van der Waals surface area contributed by atoms with Crippen LogP contribution in [-0.2, 0) is 27.6 Å². The number of carbonyl (C=O) groups is 2. The number of rotatable bonds is 9. The summed E-state index contributed by atoms with van der Waals surface area (Å²) in [4.78, 5) is 27.3. The SMILES string of the molecule is O=C(N[C@@H](Cc1ccccc1)C(=O)S(=O)(=O)c1ccccc1)c1cn(Cc2ccc(-c3ccc(Cl)cc3)cc2)c2ccccc12. The number of para-hydroxylation sites is 1. The van der Waals surface area contributed by atoms with Gasteiger partial charge in [0.05, 0.1) is 10.5 Å². The molecule has 0 fully saturated rings. The Balaban J connectivity index is 1.29. The van der Waals surface area contributed by atoms with Gasteiger partial charge in [0.2, 0.25) is 9.84 Å². The van der Waals surface area contributed by atoms with E-state index in [0.717, 1.165) is 27.8 Å². The average Bonchev–Trinajstić information content (AvgIpc) is 3.44. The second kappa shape index (κ2) is 12.9. The first-order valence-corrected chi connectivity index (χ1v) is 16.3. The van der Waals surface area contributed by atoms with Crippen molar-refractivity contribution in [1.29, 1.82) is 0 Å². The summed E-state index contributed by atoms with van der Waals surface area (Å²) in [5.41, 5.74) is 5.08. The van der Waals surface area contributed by atoms with Gasteiger partial charge >= 0.3 is 0 Å². The molecule has 45 heavy (non-hydrogen) atoms. The minimum Gasteiger partial charge on any atom is -0.342 e. The number of fused-ring (bicyclic) bond motifs is 1. The van der Waals surface area contributed by atoms with Crippen LogP contribution in [0.4, 0.5) is 0 Å². The van der Waals surface area contributed by atoms with E-state index in [1.807, 2.05) is 83.4 Å². The zero-order valence-electron chi connectivity index (χ0n) is 24.1. The van der Waals surface area contributed by atoms with Crippen molar-refractivity contribution in [1.82, 2.24) is 9.88 Å². The molecule has 1 heterocycles. The van der Waals surface area contributed by atoms with E-state index in [2.05, 4.69) is 5.32 Å². The fourth-order valence-electron chi connectivity index (χ4n) is 5.38. The molecule has 0 unspecified atom stereocenters. The number of nitrogens with one attached hydrogen (secondary N) is 1.